The summed E-state index contributed by atoms with van der Waals surface area (Å²) < 4.78 is 5.61. The van der Waals surface area contributed by atoms with Crippen molar-refractivity contribution in [2.45, 2.75) is 44.1 Å². The van der Waals surface area contributed by atoms with Crippen LogP contribution in [0.5, 0.6) is 0 Å². The molecule has 0 saturated carbocycles. The fourth-order valence-electron chi connectivity index (χ4n) is 4.35. The average Bonchev–Trinajstić information content (AvgIpc) is 3.16. The van der Waals surface area contributed by atoms with E-state index in [9.17, 15) is 14.4 Å². The van der Waals surface area contributed by atoms with Crippen molar-refractivity contribution in [2.24, 2.45) is 0 Å². The Morgan fingerprint density at radius 3 is 2.20 bits per heavy atom. The van der Waals surface area contributed by atoms with Crippen molar-refractivity contribution in [1.82, 2.24) is 15.5 Å². The first-order valence-electron chi connectivity index (χ1n) is 12.1. The molecule has 0 spiro atoms. The van der Waals surface area contributed by atoms with Crippen molar-refractivity contribution in [2.75, 3.05) is 33.8 Å². The van der Waals surface area contributed by atoms with E-state index in [1.54, 1.807) is 0 Å². The maximum atomic E-state index is 12.7. The van der Waals surface area contributed by atoms with Crippen molar-refractivity contribution in [3.63, 3.8) is 0 Å². The largest absolute Gasteiger partial charge is 0.481 e. The summed E-state index contributed by atoms with van der Waals surface area (Å²) in [5, 5.41) is 14.3. The molecule has 2 amide bonds. The average molecular weight is 482 g/mol. The second-order valence-corrected chi connectivity index (χ2v) is 9.11. The molecule has 0 aromatic heterocycles. The van der Waals surface area contributed by atoms with Gasteiger partial charge in [0.05, 0.1) is 0 Å². The molecule has 188 valence electrons. The van der Waals surface area contributed by atoms with Crippen LogP contribution >= 0.6 is 0 Å². The first-order chi connectivity index (χ1) is 16.9. The van der Waals surface area contributed by atoms with E-state index < -0.39 is 18.1 Å². The van der Waals surface area contributed by atoms with Crippen LogP contribution in [0.25, 0.3) is 11.1 Å². The summed E-state index contributed by atoms with van der Waals surface area (Å²) in [4.78, 5) is 37.9. The smallest absolute Gasteiger partial charge is 0.407 e. The van der Waals surface area contributed by atoms with Crippen LogP contribution in [-0.4, -0.2) is 67.8 Å². The Bertz CT molecular complexity index is 978. The Morgan fingerprint density at radius 1 is 0.971 bits per heavy atom. The second kappa shape index (κ2) is 12.9. The molecule has 1 aliphatic carbocycles. The minimum atomic E-state index is -0.815. The van der Waals surface area contributed by atoms with Crippen LogP contribution < -0.4 is 10.6 Å². The van der Waals surface area contributed by atoms with Gasteiger partial charge in [-0.3, -0.25) is 9.59 Å². The van der Waals surface area contributed by atoms with Crippen molar-refractivity contribution in [1.29, 1.82) is 0 Å². The van der Waals surface area contributed by atoms with Crippen LogP contribution in [0.2, 0.25) is 0 Å². The normalized spacial score (nSPS) is 13.1. The van der Waals surface area contributed by atoms with Gasteiger partial charge in [0.1, 0.15) is 12.6 Å². The van der Waals surface area contributed by atoms with Crippen LogP contribution in [-0.2, 0) is 14.3 Å². The van der Waals surface area contributed by atoms with E-state index in [-0.39, 0.29) is 24.9 Å². The van der Waals surface area contributed by atoms with E-state index in [0.717, 1.165) is 28.7 Å². The van der Waals surface area contributed by atoms with Gasteiger partial charge in [-0.1, -0.05) is 55.0 Å². The summed E-state index contributed by atoms with van der Waals surface area (Å²) in [6.07, 6.45) is 1.93. The number of unbranched alkanes of at least 4 members (excludes halogenated alkanes) is 2. The molecular weight excluding hydrogens is 446 g/mol. The number of nitrogens with one attached hydrogen (secondary N) is 2. The Labute approximate surface area is 206 Å². The van der Waals surface area contributed by atoms with Gasteiger partial charge in [-0.05, 0) is 62.2 Å². The van der Waals surface area contributed by atoms with Crippen LogP contribution in [0.15, 0.2) is 48.5 Å². The minimum absolute atomic E-state index is 0.0481. The van der Waals surface area contributed by atoms with Crippen molar-refractivity contribution in [3.8, 4) is 11.1 Å². The lowest BCUT2D eigenvalue weighted by atomic mass is 9.98. The molecule has 0 bridgehead atoms. The number of rotatable bonds is 13. The Kier molecular flexibility index (Phi) is 9.66. The SMILES string of the molecule is CN(C)CCC(NC(=O)OCC1c2ccccc2-c2ccccc21)C(=O)NCCCCCC(=O)O. The fourth-order valence-corrected chi connectivity index (χ4v) is 4.35. The molecular formula is C27H35N3O5. The fraction of sp³-hybridized carbons (Fsp3) is 0.444. The highest BCUT2D eigenvalue weighted by molar-refractivity contribution is 5.85. The van der Waals surface area contributed by atoms with E-state index in [1.165, 1.54) is 0 Å². The molecule has 1 aliphatic rings. The first-order valence-corrected chi connectivity index (χ1v) is 12.1. The van der Waals surface area contributed by atoms with E-state index in [0.29, 0.717) is 32.4 Å². The number of carboxylic acids is 1. The zero-order chi connectivity index (χ0) is 25.2. The van der Waals surface area contributed by atoms with Crippen molar-refractivity contribution < 1.29 is 24.2 Å². The predicted octanol–water partition coefficient (Wildman–Crippen LogP) is 3.61. The van der Waals surface area contributed by atoms with Gasteiger partial charge in [-0.15, -0.1) is 0 Å². The van der Waals surface area contributed by atoms with Gasteiger partial charge in [0.15, 0.2) is 0 Å². The molecule has 1 unspecified atom stereocenters. The number of alkyl carbamates (subject to hydrolysis) is 1. The monoisotopic (exact) mass is 481 g/mol. The standard InChI is InChI=1S/C27H35N3O5/c1-30(2)17-15-24(26(33)28-16-9-3-4-14-25(31)32)29-27(34)35-18-23-21-12-7-5-10-19(21)20-11-6-8-13-22(20)23/h5-8,10-13,23-24H,3-4,9,14-18H2,1-2H3,(H,28,33)(H,29,34)(H,31,32). The third-order valence-corrected chi connectivity index (χ3v) is 6.18. The Morgan fingerprint density at radius 2 is 1.60 bits per heavy atom. The quantitative estimate of drug-likeness (QED) is 0.377. The molecule has 0 fully saturated rings. The van der Waals surface area contributed by atoms with Gasteiger partial charge in [0.2, 0.25) is 5.91 Å². The van der Waals surface area contributed by atoms with Gasteiger partial charge in [0, 0.05) is 18.9 Å². The minimum Gasteiger partial charge on any atom is -0.481 e. The third kappa shape index (κ3) is 7.55. The van der Waals surface area contributed by atoms with Gasteiger partial charge in [-0.25, -0.2) is 4.79 Å². The zero-order valence-corrected chi connectivity index (χ0v) is 20.5. The predicted molar refractivity (Wildman–Crippen MR) is 134 cm³/mol. The zero-order valence-electron chi connectivity index (χ0n) is 20.5. The molecule has 0 aliphatic heterocycles. The number of carbonyl (C=O) groups is 3. The van der Waals surface area contributed by atoms with Gasteiger partial charge >= 0.3 is 12.1 Å². The number of fused-ring (bicyclic) bond motifs is 3. The maximum Gasteiger partial charge on any atom is 0.407 e. The molecule has 3 rings (SSSR count). The second-order valence-electron chi connectivity index (χ2n) is 9.11. The number of amides is 2. The topological polar surface area (TPSA) is 108 Å². The molecule has 35 heavy (non-hydrogen) atoms. The van der Waals surface area contributed by atoms with Gasteiger partial charge in [0.25, 0.3) is 0 Å². The number of carbonyl (C=O) groups excluding carboxylic acids is 2. The number of ether oxygens (including phenoxy) is 1. The summed E-state index contributed by atoms with van der Waals surface area (Å²) in [7, 11) is 3.81. The molecule has 0 saturated heterocycles. The molecule has 1 atom stereocenters. The summed E-state index contributed by atoms with van der Waals surface area (Å²) in [5.74, 6) is -1.13. The number of hydrogen-bond donors (Lipinski definition) is 3. The van der Waals surface area contributed by atoms with Crippen LogP contribution in [0.1, 0.15) is 49.1 Å². The summed E-state index contributed by atoms with van der Waals surface area (Å²) in [6.45, 7) is 1.25. The highest BCUT2D eigenvalue weighted by Crippen LogP contribution is 2.44. The molecule has 8 heteroatoms. The molecule has 2 aromatic rings. The molecule has 0 radical (unpaired) electrons. The first kappa shape index (κ1) is 26.2. The number of aliphatic carboxylic acids is 1. The lowest BCUT2D eigenvalue weighted by molar-refractivity contribution is -0.137. The number of hydrogen-bond acceptors (Lipinski definition) is 5. The van der Waals surface area contributed by atoms with Crippen LogP contribution in [0, 0.1) is 0 Å². The van der Waals surface area contributed by atoms with E-state index >= 15 is 0 Å². The van der Waals surface area contributed by atoms with Crippen LogP contribution in [0.4, 0.5) is 4.79 Å². The molecule has 2 aromatic carbocycles. The number of carboxylic acid groups (broad SMARTS) is 1. The van der Waals surface area contributed by atoms with E-state index in [4.69, 9.17) is 9.84 Å². The maximum absolute atomic E-state index is 12.7. The molecule has 3 N–H and O–H groups in total. The van der Waals surface area contributed by atoms with Crippen molar-refractivity contribution >= 4 is 18.0 Å². The van der Waals surface area contributed by atoms with Crippen LogP contribution in [0.3, 0.4) is 0 Å². The van der Waals surface area contributed by atoms with E-state index in [1.807, 2.05) is 43.3 Å². The molecule has 0 heterocycles. The van der Waals surface area contributed by atoms with E-state index in [2.05, 4.69) is 34.9 Å². The number of benzene rings is 2. The lowest BCUT2D eigenvalue weighted by Gasteiger charge is -2.21. The molecule has 8 nitrogen and oxygen atoms in total. The van der Waals surface area contributed by atoms with Gasteiger partial charge in [-0.2, -0.15) is 0 Å². The highest BCUT2D eigenvalue weighted by atomic mass is 16.5. The number of nitrogens with zero attached hydrogens (tertiary/aromatic N) is 1. The third-order valence-electron chi connectivity index (χ3n) is 6.18. The Hall–Kier alpha value is -3.39. The summed E-state index contributed by atoms with van der Waals surface area (Å²) >= 11 is 0. The summed E-state index contributed by atoms with van der Waals surface area (Å²) in [6, 6.07) is 15.6. The Balaban J connectivity index is 1.54. The summed E-state index contributed by atoms with van der Waals surface area (Å²) in [5.41, 5.74) is 4.57. The van der Waals surface area contributed by atoms with Crippen molar-refractivity contribution in [3.05, 3.63) is 59.7 Å². The van der Waals surface area contributed by atoms with Gasteiger partial charge < -0.3 is 25.4 Å². The lowest BCUT2D eigenvalue weighted by Crippen LogP contribution is -2.48. The highest BCUT2D eigenvalue weighted by Gasteiger charge is 2.29.